The highest BCUT2D eigenvalue weighted by Gasteiger charge is 2.07. The second-order valence-corrected chi connectivity index (χ2v) is 3.95. The van der Waals surface area contributed by atoms with Gasteiger partial charge in [0.25, 0.3) is 0 Å². The van der Waals surface area contributed by atoms with E-state index in [1.54, 1.807) is 12.1 Å². The van der Waals surface area contributed by atoms with Crippen LogP contribution in [0.2, 0.25) is 5.02 Å². The molecule has 0 aliphatic rings. The van der Waals surface area contributed by atoms with Crippen LogP contribution in [0.15, 0.2) is 36.4 Å². The average molecular weight is 263 g/mol. The Morgan fingerprint density at radius 2 is 2.00 bits per heavy atom. The van der Waals surface area contributed by atoms with E-state index in [4.69, 9.17) is 27.3 Å². The van der Waals surface area contributed by atoms with Crippen molar-refractivity contribution in [3.8, 4) is 17.6 Å². The van der Waals surface area contributed by atoms with Gasteiger partial charge in [-0.1, -0.05) is 11.6 Å². The zero-order chi connectivity index (χ0) is 13.1. The van der Waals surface area contributed by atoms with Crippen molar-refractivity contribution < 1.29 is 9.13 Å². The molecule has 0 saturated carbocycles. The summed E-state index contributed by atoms with van der Waals surface area (Å²) in [5.74, 6) is 0.166. The lowest BCUT2D eigenvalue weighted by atomic mass is 10.2. The predicted molar refractivity (Wildman–Crippen MR) is 67.1 cm³/mol. The van der Waals surface area contributed by atoms with Gasteiger partial charge in [-0.2, -0.15) is 5.26 Å². The molecule has 18 heavy (non-hydrogen) atoms. The van der Waals surface area contributed by atoms with E-state index in [-0.39, 0.29) is 5.02 Å². The van der Waals surface area contributed by atoms with Crippen LogP contribution in [0.1, 0.15) is 5.56 Å². The summed E-state index contributed by atoms with van der Waals surface area (Å²) in [6, 6.07) is 10.6. The van der Waals surface area contributed by atoms with E-state index in [0.717, 1.165) is 0 Å². The maximum Gasteiger partial charge on any atom is 0.145 e. The Hall–Kier alpha value is -2.25. The first kappa shape index (κ1) is 12.2. The zero-order valence-corrected chi connectivity index (χ0v) is 9.91. The van der Waals surface area contributed by atoms with Crippen molar-refractivity contribution in [2.24, 2.45) is 0 Å². The molecule has 0 amide bonds. The van der Waals surface area contributed by atoms with E-state index in [1.165, 1.54) is 24.3 Å². The predicted octanol–water partition coefficient (Wildman–Crippen LogP) is 3.73. The van der Waals surface area contributed by atoms with Gasteiger partial charge in [0, 0.05) is 11.8 Å². The Balaban J connectivity index is 2.34. The van der Waals surface area contributed by atoms with Gasteiger partial charge in [-0.3, -0.25) is 0 Å². The SMILES string of the molecule is N#Cc1cc(N)ccc1Oc1ccc(F)c(Cl)c1. The van der Waals surface area contributed by atoms with Crippen molar-refractivity contribution in [3.05, 3.63) is 52.8 Å². The summed E-state index contributed by atoms with van der Waals surface area (Å²) in [5, 5.41) is 8.91. The van der Waals surface area contributed by atoms with Crippen LogP contribution in [0.5, 0.6) is 11.5 Å². The van der Waals surface area contributed by atoms with Gasteiger partial charge < -0.3 is 10.5 Å². The van der Waals surface area contributed by atoms with Gasteiger partial charge in [0.05, 0.1) is 10.6 Å². The first-order valence-electron chi connectivity index (χ1n) is 5.02. The summed E-state index contributed by atoms with van der Waals surface area (Å²) in [7, 11) is 0. The number of nitriles is 1. The summed E-state index contributed by atoms with van der Waals surface area (Å²) >= 11 is 5.64. The molecule has 2 aromatic rings. The van der Waals surface area contributed by atoms with Crippen LogP contribution in [-0.4, -0.2) is 0 Å². The summed E-state index contributed by atoms with van der Waals surface area (Å²) in [6.07, 6.45) is 0. The lowest BCUT2D eigenvalue weighted by molar-refractivity contribution is 0.479. The van der Waals surface area contributed by atoms with Crippen molar-refractivity contribution in [1.29, 1.82) is 5.26 Å². The third kappa shape index (κ3) is 2.53. The zero-order valence-electron chi connectivity index (χ0n) is 9.15. The van der Waals surface area contributed by atoms with Gasteiger partial charge in [0.1, 0.15) is 23.4 Å². The average Bonchev–Trinajstić information content (AvgIpc) is 2.36. The number of ether oxygens (including phenoxy) is 1. The number of benzene rings is 2. The molecule has 90 valence electrons. The van der Waals surface area contributed by atoms with Gasteiger partial charge in [-0.05, 0) is 30.3 Å². The van der Waals surface area contributed by atoms with Crippen LogP contribution in [0, 0.1) is 17.1 Å². The largest absolute Gasteiger partial charge is 0.456 e. The molecule has 2 rings (SSSR count). The topological polar surface area (TPSA) is 59.0 Å². The lowest BCUT2D eigenvalue weighted by Crippen LogP contribution is -1.91. The first-order chi connectivity index (χ1) is 8.60. The third-order valence-corrected chi connectivity index (χ3v) is 2.53. The number of rotatable bonds is 2. The Morgan fingerprint density at radius 3 is 2.67 bits per heavy atom. The van der Waals surface area contributed by atoms with Crippen molar-refractivity contribution in [1.82, 2.24) is 0 Å². The molecule has 2 N–H and O–H groups in total. The number of halogens is 2. The molecule has 0 radical (unpaired) electrons. The van der Waals surface area contributed by atoms with Crippen molar-refractivity contribution in [3.63, 3.8) is 0 Å². The summed E-state index contributed by atoms with van der Waals surface area (Å²) in [5.41, 5.74) is 6.33. The van der Waals surface area contributed by atoms with Gasteiger partial charge in [-0.25, -0.2) is 4.39 Å². The van der Waals surface area contributed by atoms with E-state index in [0.29, 0.717) is 22.7 Å². The number of nitrogens with two attached hydrogens (primary N) is 1. The van der Waals surface area contributed by atoms with E-state index in [1.807, 2.05) is 6.07 Å². The fourth-order valence-electron chi connectivity index (χ4n) is 1.39. The fourth-order valence-corrected chi connectivity index (χ4v) is 1.56. The number of nitrogen functional groups attached to an aromatic ring is 1. The first-order valence-corrected chi connectivity index (χ1v) is 5.40. The van der Waals surface area contributed by atoms with E-state index in [9.17, 15) is 4.39 Å². The van der Waals surface area contributed by atoms with Gasteiger partial charge in [-0.15, -0.1) is 0 Å². The highest BCUT2D eigenvalue weighted by atomic mass is 35.5. The van der Waals surface area contributed by atoms with E-state index < -0.39 is 5.82 Å². The molecule has 5 heteroatoms. The van der Waals surface area contributed by atoms with Crippen LogP contribution in [-0.2, 0) is 0 Å². The molecular weight excluding hydrogens is 255 g/mol. The second-order valence-electron chi connectivity index (χ2n) is 3.55. The molecule has 0 saturated heterocycles. The number of nitrogens with zero attached hydrogens (tertiary/aromatic N) is 1. The van der Waals surface area contributed by atoms with E-state index >= 15 is 0 Å². The standard InChI is InChI=1S/C13H8ClFN2O/c14-11-6-10(2-3-12(11)15)18-13-4-1-9(17)5-8(13)7-16/h1-6H,17H2. The third-order valence-electron chi connectivity index (χ3n) is 2.24. The molecule has 0 spiro atoms. The Kier molecular flexibility index (Phi) is 3.35. The molecule has 0 heterocycles. The maximum absolute atomic E-state index is 13.0. The summed E-state index contributed by atoms with van der Waals surface area (Å²) < 4.78 is 18.4. The van der Waals surface area contributed by atoms with Crippen LogP contribution >= 0.6 is 11.6 Å². The van der Waals surface area contributed by atoms with Crippen LogP contribution in [0.25, 0.3) is 0 Å². The monoisotopic (exact) mass is 262 g/mol. The van der Waals surface area contributed by atoms with Crippen LogP contribution in [0.4, 0.5) is 10.1 Å². The van der Waals surface area contributed by atoms with Gasteiger partial charge in [0.2, 0.25) is 0 Å². The number of anilines is 1. The maximum atomic E-state index is 13.0. The Morgan fingerprint density at radius 1 is 1.22 bits per heavy atom. The molecule has 2 aromatic carbocycles. The molecule has 0 aliphatic carbocycles. The molecule has 0 bridgehead atoms. The molecule has 0 aromatic heterocycles. The number of hydrogen-bond acceptors (Lipinski definition) is 3. The number of hydrogen-bond donors (Lipinski definition) is 1. The van der Waals surface area contributed by atoms with Crippen molar-refractivity contribution in [2.75, 3.05) is 5.73 Å². The quantitative estimate of drug-likeness (QED) is 0.839. The Labute approximate surface area is 108 Å². The summed E-state index contributed by atoms with van der Waals surface area (Å²) in [6.45, 7) is 0. The smallest absolute Gasteiger partial charge is 0.145 e. The second kappa shape index (κ2) is 4.94. The summed E-state index contributed by atoms with van der Waals surface area (Å²) in [4.78, 5) is 0. The fraction of sp³-hybridized carbons (Fsp3) is 0. The van der Waals surface area contributed by atoms with Crippen molar-refractivity contribution >= 4 is 17.3 Å². The van der Waals surface area contributed by atoms with Gasteiger partial charge in [0.15, 0.2) is 0 Å². The lowest BCUT2D eigenvalue weighted by Gasteiger charge is -2.08. The molecule has 0 unspecified atom stereocenters. The molecule has 3 nitrogen and oxygen atoms in total. The molecule has 0 fully saturated rings. The minimum Gasteiger partial charge on any atom is -0.456 e. The minimum absolute atomic E-state index is 0.0403. The Bertz CT molecular complexity index is 637. The minimum atomic E-state index is -0.526. The highest BCUT2D eigenvalue weighted by molar-refractivity contribution is 6.30. The normalized spacial score (nSPS) is 9.83. The molecular formula is C13H8ClFN2O. The van der Waals surface area contributed by atoms with Crippen LogP contribution < -0.4 is 10.5 Å². The van der Waals surface area contributed by atoms with E-state index in [2.05, 4.69) is 0 Å². The molecule has 0 atom stereocenters. The molecule has 0 aliphatic heterocycles. The van der Waals surface area contributed by atoms with Crippen molar-refractivity contribution in [2.45, 2.75) is 0 Å². The highest BCUT2D eigenvalue weighted by Crippen LogP contribution is 2.29. The van der Waals surface area contributed by atoms with Gasteiger partial charge >= 0.3 is 0 Å². The van der Waals surface area contributed by atoms with Crippen LogP contribution in [0.3, 0.4) is 0 Å².